The zero-order chi connectivity index (χ0) is 13.6. The second-order valence-electron chi connectivity index (χ2n) is 5.59. The molecule has 0 amide bonds. The molecule has 2 nitrogen and oxygen atoms in total. The van der Waals surface area contributed by atoms with Crippen LogP contribution in [0.5, 0.6) is 0 Å². The second kappa shape index (κ2) is 6.69. The summed E-state index contributed by atoms with van der Waals surface area (Å²) in [6.45, 7) is 2.10. The van der Waals surface area contributed by atoms with E-state index in [-0.39, 0.29) is 0 Å². The Morgan fingerprint density at radius 1 is 0.650 bits per heavy atom. The summed E-state index contributed by atoms with van der Waals surface area (Å²) in [6, 6.07) is 22.5. The summed E-state index contributed by atoms with van der Waals surface area (Å²) in [6.07, 6.45) is 2.21. The molecule has 1 fully saturated rings. The minimum absolute atomic E-state index is 0.546. The predicted octanol–water partition coefficient (Wildman–Crippen LogP) is 2.40. The van der Waals surface area contributed by atoms with Crippen LogP contribution in [0.15, 0.2) is 60.7 Å². The van der Waals surface area contributed by atoms with Gasteiger partial charge in [0.1, 0.15) is 0 Å². The van der Waals surface area contributed by atoms with Crippen molar-refractivity contribution in [2.75, 3.05) is 13.1 Å². The van der Waals surface area contributed by atoms with E-state index >= 15 is 0 Å². The molecule has 1 saturated heterocycles. The minimum Gasteiger partial charge on any atom is -0.311 e. The van der Waals surface area contributed by atoms with E-state index in [1.165, 1.54) is 11.1 Å². The number of nitrogens with one attached hydrogen (secondary N) is 2. The third-order valence-corrected chi connectivity index (χ3v) is 3.96. The van der Waals surface area contributed by atoms with Gasteiger partial charge in [-0.05, 0) is 24.0 Å². The van der Waals surface area contributed by atoms with Crippen LogP contribution in [0.1, 0.15) is 11.1 Å². The number of hydrogen-bond acceptors (Lipinski definition) is 2. The van der Waals surface area contributed by atoms with Gasteiger partial charge in [-0.15, -0.1) is 0 Å². The fourth-order valence-electron chi connectivity index (χ4n) is 2.85. The molecular weight excluding hydrogens is 244 g/mol. The average Bonchev–Trinajstić information content (AvgIpc) is 2.51. The Kier molecular flexibility index (Phi) is 4.46. The summed E-state index contributed by atoms with van der Waals surface area (Å²) in [7, 11) is 0. The molecule has 0 spiro atoms. The van der Waals surface area contributed by atoms with Gasteiger partial charge in [0.15, 0.2) is 0 Å². The van der Waals surface area contributed by atoms with Crippen LogP contribution < -0.4 is 10.6 Å². The van der Waals surface area contributed by atoms with Gasteiger partial charge in [-0.2, -0.15) is 0 Å². The van der Waals surface area contributed by atoms with Crippen molar-refractivity contribution in [2.24, 2.45) is 0 Å². The van der Waals surface area contributed by atoms with Gasteiger partial charge in [0.05, 0.1) is 0 Å². The van der Waals surface area contributed by atoms with Crippen molar-refractivity contribution in [2.45, 2.75) is 24.9 Å². The molecule has 0 unspecified atom stereocenters. The molecule has 0 bridgehead atoms. The van der Waals surface area contributed by atoms with Gasteiger partial charge < -0.3 is 10.6 Å². The molecule has 1 aliphatic rings. The van der Waals surface area contributed by atoms with Crippen molar-refractivity contribution in [1.29, 1.82) is 0 Å². The minimum atomic E-state index is 0.546. The molecule has 2 aromatic carbocycles. The molecule has 0 aromatic heterocycles. The molecule has 2 atom stereocenters. The quantitative estimate of drug-likeness (QED) is 0.888. The topological polar surface area (TPSA) is 24.1 Å². The highest BCUT2D eigenvalue weighted by Gasteiger charge is 2.19. The smallest absolute Gasteiger partial charge is 0.0233 e. The Labute approximate surface area is 121 Å². The molecule has 1 aliphatic heterocycles. The zero-order valence-electron chi connectivity index (χ0n) is 11.8. The lowest BCUT2D eigenvalue weighted by Crippen LogP contribution is -2.55. The lowest BCUT2D eigenvalue weighted by atomic mass is 10.00. The highest BCUT2D eigenvalue weighted by Crippen LogP contribution is 2.08. The molecule has 1 heterocycles. The number of hydrogen-bond donors (Lipinski definition) is 2. The Morgan fingerprint density at radius 3 is 1.40 bits per heavy atom. The van der Waals surface area contributed by atoms with Gasteiger partial charge in [-0.25, -0.2) is 0 Å². The molecule has 3 rings (SSSR count). The van der Waals surface area contributed by atoms with Crippen LogP contribution in [0.2, 0.25) is 0 Å². The van der Waals surface area contributed by atoms with E-state index in [9.17, 15) is 0 Å². The van der Waals surface area contributed by atoms with Crippen LogP contribution >= 0.6 is 0 Å². The van der Waals surface area contributed by atoms with Gasteiger partial charge >= 0.3 is 0 Å². The molecule has 20 heavy (non-hydrogen) atoms. The number of piperazine rings is 1. The van der Waals surface area contributed by atoms with Crippen LogP contribution in [0.25, 0.3) is 0 Å². The van der Waals surface area contributed by atoms with E-state index in [1.807, 2.05) is 0 Å². The van der Waals surface area contributed by atoms with E-state index in [1.54, 1.807) is 0 Å². The van der Waals surface area contributed by atoms with E-state index in [0.717, 1.165) is 25.9 Å². The zero-order valence-corrected chi connectivity index (χ0v) is 11.8. The SMILES string of the molecule is c1ccc(C[C@@H]2CN[C@H](Cc3ccccc3)CN2)cc1. The first-order valence-corrected chi connectivity index (χ1v) is 7.45. The lowest BCUT2D eigenvalue weighted by molar-refractivity contribution is 0.342. The van der Waals surface area contributed by atoms with Crippen molar-refractivity contribution >= 4 is 0 Å². The Morgan fingerprint density at radius 2 is 1.05 bits per heavy atom. The molecule has 2 N–H and O–H groups in total. The molecule has 2 aromatic rings. The molecule has 0 radical (unpaired) electrons. The summed E-state index contributed by atoms with van der Waals surface area (Å²) in [5.41, 5.74) is 2.82. The summed E-state index contributed by atoms with van der Waals surface area (Å²) in [5, 5.41) is 7.35. The summed E-state index contributed by atoms with van der Waals surface area (Å²) < 4.78 is 0. The van der Waals surface area contributed by atoms with Gasteiger partial charge in [0.2, 0.25) is 0 Å². The average molecular weight is 266 g/mol. The fraction of sp³-hybridized carbons (Fsp3) is 0.333. The van der Waals surface area contributed by atoms with E-state index < -0.39 is 0 Å². The first kappa shape index (κ1) is 13.3. The predicted molar refractivity (Wildman–Crippen MR) is 83.9 cm³/mol. The highest BCUT2D eigenvalue weighted by molar-refractivity contribution is 5.18. The number of rotatable bonds is 4. The van der Waals surface area contributed by atoms with Gasteiger partial charge in [0, 0.05) is 25.2 Å². The van der Waals surface area contributed by atoms with Crippen molar-refractivity contribution in [3.63, 3.8) is 0 Å². The van der Waals surface area contributed by atoms with Crippen LogP contribution in [-0.4, -0.2) is 25.2 Å². The molecule has 0 aliphatic carbocycles. The molecular formula is C18H22N2. The monoisotopic (exact) mass is 266 g/mol. The van der Waals surface area contributed by atoms with Crippen molar-refractivity contribution in [1.82, 2.24) is 10.6 Å². The first-order chi connectivity index (χ1) is 9.90. The van der Waals surface area contributed by atoms with Gasteiger partial charge in [-0.1, -0.05) is 60.7 Å². The summed E-state index contributed by atoms with van der Waals surface area (Å²) >= 11 is 0. The van der Waals surface area contributed by atoms with Gasteiger partial charge in [0.25, 0.3) is 0 Å². The Bertz CT molecular complexity index is 452. The largest absolute Gasteiger partial charge is 0.311 e. The summed E-state index contributed by atoms with van der Waals surface area (Å²) in [5.74, 6) is 0. The summed E-state index contributed by atoms with van der Waals surface area (Å²) in [4.78, 5) is 0. The molecule has 104 valence electrons. The van der Waals surface area contributed by atoms with Crippen LogP contribution in [-0.2, 0) is 12.8 Å². The maximum atomic E-state index is 3.68. The van der Waals surface area contributed by atoms with Crippen LogP contribution in [0, 0.1) is 0 Å². The van der Waals surface area contributed by atoms with E-state index in [2.05, 4.69) is 71.3 Å². The lowest BCUT2D eigenvalue weighted by Gasteiger charge is -2.31. The first-order valence-electron chi connectivity index (χ1n) is 7.45. The van der Waals surface area contributed by atoms with Crippen molar-refractivity contribution in [3.8, 4) is 0 Å². The molecule has 2 heteroatoms. The van der Waals surface area contributed by atoms with E-state index in [4.69, 9.17) is 0 Å². The maximum absolute atomic E-state index is 3.68. The van der Waals surface area contributed by atoms with Crippen molar-refractivity contribution in [3.05, 3.63) is 71.8 Å². The normalized spacial score (nSPS) is 22.6. The Hall–Kier alpha value is -1.64. The second-order valence-corrected chi connectivity index (χ2v) is 5.59. The third kappa shape index (κ3) is 3.69. The Balaban J connectivity index is 1.47. The number of benzene rings is 2. The van der Waals surface area contributed by atoms with E-state index in [0.29, 0.717) is 12.1 Å². The van der Waals surface area contributed by atoms with Crippen LogP contribution in [0.4, 0.5) is 0 Å². The molecule has 0 saturated carbocycles. The highest BCUT2D eigenvalue weighted by atomic mass is 15.1. The van der Waals surface area contributed by atoms with Crippen LogP contribution in [0.3, 0.4) is 0 Å². The fourth-order valence-corrected chi connectivity index (χ4v) is 2.85. The standard InChI is InChI=1S/C18H22N2/c1-3-7-15(8-4-1)11-17-13-20-18(14-19-17)12-16-9-5-2-6-10-16/h1-10,17-20H,11-14H2/t17-,18-/m1/s1. The van der Waals surface area contributed by atoms with Crippen molar-refractivity contribution < 1.29 is 0 Å². The third-order valence-electron chi connectivity index (χ3n) is 3.96. The maximum Gasteiger partial charge on any atom is 0.0233 e. The van der Waals surface area contributed by atoms with Gasteiger partial charge in [-0.3, -0.25) is 0 Å².